The van der Waals surface area contributed by atoms with E-state index in [0.717, 1.165) is 132 Å². The van der Waals surface area contributed by atoms with Crippen LogP contribution < -0.4 is 37.9 Å². The minimum atomic E-state index is -0.786. The highest BCUT2D eigenvalue weighted by Crippen LogP contribution is 2.49. The van der Waals surface area contributed by atoms with E-state index in [2.05, 4.69) is 46.4 Å². The van der Waals surface area contributed by atoms with Crippen LogP contribution in [-0.2, 0) is 66.7 Å². The molecule has 2 unspecified atom stereocenters. The molecule has 0 bridgehead atoms. The monoisotopic (exact) mass is 1720 g/mol. The van der Waals surface area contributed by atoms with E-state index in [4.69, 9.17) is 75.8 Å². The number of carbonyl (C=O) groups is 10. The molecule has 26 nitrogen and oxygen atoms in total. The summed E-state index contributed by atoms with van der Waals surface area (Å²) in [5.41, 5.74) is 9.53. The molecule has 0 heterocycles. The Kier molecular flexibility index (Phi) is 38.9. The summed E-state index contributed by atoms with van der Waals surface area (Å²) in [6, 6.07) is 49.3. The smallest absolute Gasteiger partial charge is 0.343 e. The van der Waals surface area contributed by atoms with Gasteiger partial charge in [0.15, 0.2) is 12.2 Å². The van der Waals surface area contributed by atoms with Crippen LogP contribution in [0.3, 0.4) is 0 Å². The van der Waals surface area contributed by atoms with Gasteiger partial charge in [0.2, 0.25) is 0 Å². The molecule has 2 aliphatic rings. The Morgan fingerprint density at radius 3 is 0.738 bits per heavy atom. The van der Waals surface area contributed by atoms with Gasteiger partial charge >= 0.3 is 59.7 Å². The third-order valence-electron chi connectivity index (χ3n) is 19.7. The first-order valence-electron chi connectivity index (χ1n) is 41.5. The minimum absolute atomic E-state index is 0.0187. The number of ether oxygens (including phenoxy) is 16. The van der Waals surface area contributed by atoms with Crippen LogP contribution in [0.15, 0.2) is 246 Å². The normalized spacial score (nSPS) is 12.3. The van der Waals surface area contributed by atoms with Crippen LogP contribution in [0.1, 0.15) is 166 Å². The van der Waals surface area contributed by atoms with E-state index in [1.54, 1.807) is 121 Å². The molecule has 0 aliphatic heterocycles. The number of esters is 10. The Morgan fingerprint density at radius 1 is 0.262 bits per heavy atom. The highest BCUT2D eigenvalue weighted by atomic mass is 16.6. The molecule has 0 radical (unpaired) electrons. The molecule has 8 aromatic carbocycles. The van der Waals surface area contributed by atoms with Gasteiger partial charge in [0.1, 0.15) is 59.2 Å². The van der Waals surface area contributed by atoms with E-state index in [1.807, 2.05) is 55.5 Å². The quantitative estimate of drug-likeness (QED) is 0.0112. The molecule has 660 valence electrons. The molecule has 126 heavy (non-hydrogen) atoms. The third kappa shape index (κ3) is 30.8. The van der Waals surface area contributed by atoms with Crippen LogP contribution >= 0.6 is 0 Å². The first kappa shape index (κ1) is 95.8. The van der Waals surface area contributed by atoms with Gasteiger partial charge in [0.25, 0.3) is 0 Å². The summed E-state index contributed by atoms with van der Waals surface area (Å²) in [6.07, 6.45) is 14.5. The lowest BCUT2D eigenvalue weighted by Crippen LogP contribution is -2.29. The maximum Gasteiger partial charge on any atom is 0.343 e. The summed E-state index contributed by atoms with van der Waals surface area (Å²) >= 11 is 0. The minimum Gasteiger partial charge on any atom is -0.494 e. The number of benzene rings is 8. The van der Waals surface area contributed by atoms with Gasteiger partial charge in [-0.25, -0.2) is 47.9 Å². The Morgan fingerprint density at radius 2 is 0.484 bits per heavy atom. The number of unbranched alkanes of at least 4 members (excludes halogenated alkanes) is 8. The van der Waals surface area contributed by atoms with E-state index in [-0.39, 0.29) is 38.3 Å². The van der Waals surface area contributed by atoms with Crippen LogP contribution in [0.4, 0.5) is 0 Å². The molecule has 0 fully saturated rings. The summed E-state index contributed by atoms with van der Waals surface area (Å²) < 4.78 is 87.6. The lowest BCUT2D eigenvalue weighted by molar-refractivity contribution is -0.156. The van der Waals surface area contributed by atoms with E-state index < -0.39 is 71.9 Å². The van der Waals surface area contributed by atoms with Gasteiger partial charge < -0.3 is 75.8 Å². The van der Waals surface area contributed by atoms with Gasteiger partial charge in [-0.1, -0.05) is 77.6 Å². The van der Waals surface area contributed by atoms with Gasteiger partial charge in [-0.3, -0.25) is 0 Å². The molecule has 2 aliphatic carbocycles. The van der Waals surface area contributed by atoms with Crippen molar-refractivity contribution in [2.24, 2.45) is 0 Å². The number of rotatable bonds is 52. The largest absolute Gasteiger partial charge is 0.494 e. The number of hydrogen-bond donors (Lipinski definition) is 0. The number of fused-ring (bicyclic) bond motifs is 6. The topological polar surface area (TPSA) is 318 Å². The molecule has 2 atom stereocenters. The summed E-state index contributed by atoms with van der Waals surface area (Å²) in [5, 5.41) is 0. The van der Waals surface area contributed by atoms with Crippen molar-refractivity contribution >= 4 is 59.7 Å². The van der Waals surface area contributed by atoms with E-state index in [1.165, 1.54) is 0 Å². The summed E-state index contributed by atoms with van der Waals surface area (Å²) in [7, 11) is 0. The highest BCUT2D eigenvalue weighted by molar-refractivity contribution is 5.95. The molecule has 10 rings (SSSR count). The first-order valence-corrected chi connectivity index (χ1v) is 41.5. The van der Waals surface area contributed by atoms with Crippen molar-refractivity contribution < 1.29 is 124 Å². The fourth-order valence-electron chi connectivity index (χ4n) is 13.1. The lowest BCUT2D eigenvalue weighted by Gasteiger charge is -2.17. The summed E-state index contributed by atoms with van der Waals surface area (Å²) in [4.78, 5) is 120. The number of carbonyl (C=O) groups excluding carboxylic acids is 10. The Labute approximate surface area is 732 Å². The van der Waals surface area contributed by atoms with Gasteiger partial charge in [0.05, 0.1) is 75.1 Å². The van der Waals surface area contributed by atoms with Crippen molar-refractivity contribution in [1.82, 2.24) is 0 Å². The lowest BCUT2D eigenvalue weighted by atomic mass is 9.99. The van der Waals surface area contributed by atoms with Gasteiger partial charge in [-0.2, -0.15) is 0 Å². The van der Waals surface area contributed by atoms with Gasteiger partial charge in [-0.05, 0) is 267 Å². The van der Waals surface area contributed by atoms with Crippen molar-refractivity contribution in [2.45, 2.75) is 115 Å². The van der Waals surface area contributed by atoms with E-state index >= 15 is 0 Å². The fraction of sp³-hybridized carbons (Fsp3) is 0.300. The summed E-state index contributed by atoms with van der Waals surface area (Å²) in [6.45, 7) is 27.4. The average Bonchev–Trinajstić information content (AvgIpc) is 1.61. The molecule has 0 saturated carbocycles. The van der Waals surface area contributed by atoms with Crippen molar-refractivity contribution in [1.29, 1.82) is 0 Å². The second-order valence-electron chi connectivity index (χ2n) is 28.8. The van der Waals surface area contributed by atoms with Crippen LogP contribution in [0, 0.1) is 0 Å². The van der Waals surface area contributed by atoms with Gasteiger partial charge in [0, 0.05) is 61.5 Å². The predicted molar refractivity (Wildman–Crippen MR) is 468 cm³/mol. The van der Waals surface area contributed by atoms with Crippen molar-refractivity contribution in [3.05, 3.63) is 290 Å². The van der Waals surface area contributed by atoms with Crippen LogP contribution in [-0.4, -0.2) is 151 Å². The van der Waals surface area contributed by atoms with Crippen LogP contribution in [0.5, 0.6) is 46.0 Å². The first-order chi connectivity index (χ1) is 61.1. The molecule has 0 saturated heterocycles. The van der Waals surface area contributed by atoms with Crippen molar-refractivity contribution in [2.75, 3.05) is 79.3 Å². The zero-order valence-corrected chi connectivity index (χ0v) is 70.8. The molecule has 26 heteroatoms. The van der Waals surface area contributed by atoms with Crippen molar-refractivity contribution in [3.63, 3.8) is 0 Å². The molecule has 0 aromatic heterocycles. The molecule has 0 spiro atoms. The molecule has 0 N–H and O–H groups in total. The maximum absolute atomic E-state index is 13.1. The standard InChI is InChI=1S/C54H56O16.C46H48O10/c1-6-49(55)65-34-43(67-51(57)8-3)32-61-26-10-12-28-63-39-18-14-37(15-19-39)53(59)69-41-22-24-45-46-25-23-42(31-48(46)36(5)47(45)30-41)70-54(60)38-16-20-40(21-17-38)64-29-13-11-27-62-33-44(68-52(58)9-4)35-66-50(56)7-2;1-4-43(47)53-28-12-8-6-10-26-51-35-18-14-33(15-19-35)45(49)55-37-22-24-39-40-25-23-38(31-42(40)32(3)41(39)30-37)56-46(50)34-16-20-36(21-17-34)52-27-11-7-9-13-29-54-44(48)5-2/h6-9,14-25,30-31,36,43-44H,1-4,10-13,26-29,32-35H2,5H3;4-5,14-25,30-32H,1-2,6-13,26-29H2,3H3. The second-order valence-corrected chi connectivity index (χ2v) is 28.8. The molecular weight excluding hydrogens is 1620 g/mol. The molecule has 0 amide bonds. The molecular formula is C100H104O26. The van der Waals surface area contributed by atoms with E-state index in [9.17, 15) is 47.9 Å². The SMILES string of the molecule is C=CC(=O)OCC(COCCCCOc1ccc(C(=O)Oc2ccc3c(c2)C(C)c2cc(OC(=O)c4ccc(OCCCCOCC(COC(=O)C=C)OC(=O)C=C)cc4)ccc2-3)cc1)OC(=O)C=C.C=CC(=O)OCCCCCCOc1ccc(C(=O)Oc2ccc3c(c2)C(C)c2cc(OC(=O)c4ccc(OCCCCCCOC(=O)C=C)cc4)ccc2-3)cc1. The third-order valence-corrected chi connectivity index (χ3v) is 19.7. The Balaban J connectivity index is 0.000000292. The Hall–Kier alpha value is -14.0. The zero-order valence-electron chi connectivity index (χ0n) is 70.8. The fourth-order valence-corrected chi connectivity index (χ4v) is 13.1. The highest BCUT2D eigenvalue weighted by Gasteiger charge is 2.30. The Bertz CT molecular complexity index is 4770. The summed E-state index contributed by atoms with van der Waals surface area (Å²) in [5.74, 6) is -1.31. The van der Waals surface area contributed by atoms with Crippen molar-refractivity contribution in [3.8, 4) is 68.2 Å². The maximum atomic E-state index is 13.1. The predicted octanol–water partition coefficient (Wildman–Crippen LogP) is 17.9. The van der Waals surface area contributed by atoms with Gasteiger partial charge in [-0.15, -0.1) is 0 Å². The van der Waals surface area contributed by atoms with Crippen LogP contribution in [0.2, 0.25) is 0 Å². The van der Waals surface area contributed by atoms with Crippen LogP contribution in [0.25, 0.3) is 22.3 Å². The van der Waals surface area contributed by atoms with E-state index in [0.29, 0.717) is 147 Å². The zero-order chi connectivity index (χ0) is 90.0. The molecule has 8 aromatic rings. The second kappa shape index (κ2) is 51.2. The number of hydrogen-bond acceptors (Lipinski definition) is 26. The average molecular weight is 1720 g/mol.